The highest BCUT2D eigenvalue weighted by Gasteiger charge is 2.13. The second-order valence-corrected chi connectivity index (χ2v) is 3.21. The first-order valence-corrected chi connectivity index (χ1v) is 4.94. The summed E-state index contributed by atoms with van der Waals surface area (Å²) in [5, 5.41) is 0.327. The molecule has 0 N–H and O–H groups in total. The van der Waals surface area contributed by atoms with Gasteiger partial charge in [0.05, 0.1) is 17.7 Å². The maximum absolute atomic E-state index is 13.4. The minimum atomic E-state index is -0.480. The van der Waals surface area contributed by atoms with Gasteiger partial charge in [-0.25, -0.2) is 9.18 Å². The Labute approximate surface area is 91.9 Å². The van der Waals surface area contributed by atoms with Gasteiger partial charge in [0.25, 0.3) is 0 Å². The average molecular weight is 219 g/mol. The summed E-state index contributed by atoms with van der Waals surface area (Å²) >= 11 is 0. The van der Waals surface area contributed by atoms with E-state index in [0.717, 1.165) is 0 Å². The van der Waals surface area contributed by atoms with Gasteiger partial charge in [0.1, 0.15) is 5.82 Å². The first kappa shape index (κ1) is 10.5. The van der Waals surface area contributed by atoms with Crippen molar-refractivity contribution in [2.75, 3.05) is 6.61 Å². The topological polar surface area (TPSA) is 39.2 Å². The van der Waals surface area contributed by atoms with E-state index in [1.54, 1.807) is 19.1 Å². The Balaban J connectivity index is 2.63. The molecule has 1 aromatic heterocycles. The molecule has 3 nitrogen and oxygen atoms in total. The number of hydrogen-bond donors (Lipinski definition) is 0. The Morgan fingerprint density at radius 3 is 3.00 bits per heavy atom. The van der Waals surface area contributed by atoms with Crippen molar-refractivity contribution in [1.82, 2.24) is 4.98 Å². The molecular formula is C12H10FNO2. The van der Waals surface area contributed by atoms with Gasteiger partial charge in [-0.2, -0.15) is 0 Å². The maximum atomic E-state index is 13.4. The van der Waals surface area contributed by atoms with Gasteiger partial charge >= 0.3 is 5.97 Å². The number of carbonyl (C=O) groups is 1. The molecular weight excluding hydrogens is 209 g/mol. The number of nitrogens with zero attached hydrogens (tertiary/aromatic N) is 1. The van der Waals surface area contributed by atoms with Crippen LogP contribution >= 0.6 is 0 Å². The molecule has 0 aliphatic rings. The van der Waals surface area contributed by atoms with E-state index >= 15 is 0 Å². The molecule has 0 bridgehead atoms. The number of halogens is 1. The summed E-state index contributed by atoms with van der Waals surface area (Å²) in [7, 11) is 0. The summed E-state index contributed by atoms with van der Waals surface area (Å²) < 4.78 is 18.3. The standard InChI is InChI=1S/C12H10FNO2/c1-2-16-12(15)9-5-6-10(13)8-4-3-7-14-11(8)9/h3-7H,2H2,1H3. The molecule has 0 saturated heterocycles. The van der Waals surface area contributed by atoms with Crippen LogP contribution in [0.5, 0.6) is 0 Å². The number of fused-ring (bicyclic) bond motifs is 1. The van der Waals surface area contributed by atoms with E-state index in [2.05, 4.69) is 4.98 Å². The molecule has 0 spiro atoms. The summed E-state index contributed by atoms with van der Waals surface area (Å²) in [6, 6.07) is 5.85. The van der Waals surface area contributed by atoms with Gasteiger partial charge in [-0.15, -0.1) is 0 Å². The lowest BCUT2D eigenvalue weighted by molar-refractivity contribution is 0.0528. The molecule has 4 heteroatoms. The number of esters is 1. The van der Waals surface area contributed by atoms with Crippen LogP contribution in [0.15, 0.2) is 30.5 Å². The molecule has 1 heterocycles. The molecule has 0 aliphatic carbocycles. The predicted molar refractivity (Wildman–Crippen MR) is 57.7 cm³/mol. The number of hydrogen-bond acceptors (Lipinski definition) is 3. The molecule has 16 heavy (non-hydrogen) atoms. The van der Waals surface area contributed by atoms with E-state index in [-0.39, 0.29) is 6.61 Å². The van der Waals surface area contributed by atoms with Gasteiger partial charge in [-0.3, -0.25) is 4.98 Å². The third-order valence-electron chi connectivity index (χ3n) is 2.21. The molecule has 0 atom stereocenters. The molecule has 1 aromatic carbocycles. The summed E-state index contributed by atoms with van der Waals surface area (Å²) in [4.78, 5) is 15.6. The van der Waals surface area contributed by atoms with Crippen LogP contribution in [-0.2, 0) is 4.74 Å². The molecule has 0 unspecified atom stereocenters. The SMILES string of the molecule is CCOC(=O)c1ccc(F)c2cccnc12. The monoisotopic (exact) mass is 219 g/mol. The van der Waals surface area contributed by atoms with Crippen LogP contribution in [0.4, 0.5) is 4.39 Å². The van der Waals surface area contributed by atoms with Gasteiger partial charge in [-0.1, -0.05) is 0 Å². The minimum Gasteiger partial charge on any atom is -0.462 e. The molecule has 2 rings (SSSR count). The van der Waals surface area contributed by atoms with E-state index in [1.807, 2.05) is 0 Å². The van der Waals surface area contributed by atoms with Crippen LogP contribution in [0.1, 0.15) is 17.3 Å². The Kier molecular flexibility index (Phi) is 2.81. The zero-order chi connectivity index (χ0) is 11.5. The van der Waals surface area contributed by atoms with Crippen LogP contribution in [0.25, 0.3) is 10.9 Å². The van der Waals surface area contributed by atoms with Crippen molar-refractivity contribution in [3.05, 3.63) is 41.8 Å². The van der Waals surface area contributed by atoms with E-state index in [0.29, 0.717) is 16.5 Å². The summed E-state index contributed by atoms with van der Waals surface area (Å²) in [5.41, 5.74) is 0.625. The summed E-state index contributed by atoms with van der Waals surface area (Å²) in [6.45, 7) is 2.00. The number of rotatable bonds is 2. The quantitative estimate of drug-likeness (QED) is 0.728. The van der Waals surface area contributed by atoms with Crippen molar-refractivity contribution >= 4 is 16.9 Å². The fourth-order valence-electron chi connectivity index (χ4n) is 1.51. The Bertz CT molecular complexity index is 540. The smallest absolute Gasteiger partial charge is 0.340 e. The van der Waals surface area contributed by atoms with E-state index < -0.39 is 11.8 Å². The molecule has 0 aliphatic heterocycles. The van der Waals surface area contributed by atoms with E-state index in [4.69, 9.17) is 4.74 Å². The van der Waals surface area contributed by atoms with Gasteiger partial charge in [0.15, 0.2) is 0 Å². The lowest BCUT2D eigenvalue weighted by Crippen LogP contribution is -2.06. The van der Waals surface area contributed by atoms with Gasteiger partial charge < -0.3 is 4.74 Å². The van der Waals surface area contributed by atoms with E-state index in [1.165, 1.54) is 18.3 Å². The molecule has 82 valence electrons. The lowest BCUT2D eigenvalue weighted by Gasteiger charge is -2.05. The maximum Gasteiger partial charge on any atom is 0.340 e. The fraction of sp³-hybridized carbons (Fsp3) is 0.167. The van der Waals surface area contributed by atoms with Crippen molar-refractivity contribution in [1.29, 1.82) is 0 Å². The molecule has 0 fully saturated rings. The fourth-order valence-corrected chi connectivity index (χ4v) is 1.51. The highest BCUT2D eigenvalue weighted by Crippen LogP contribution is 2.20. The Hall–Kier alpha value is -1.97. The lowest BCUT2D eigenvalue weighted by atomic mass is 10.1. The molecule has 0 amide bonds. The van der Waals surface area contributed by atoms with E-state index in [9.17, 15) is 9.18 Å². The number of pyridine rings is 1. The van der Waals surface area contributed by atoms with Crippen molar-refractivity contribution < 1.29 is 13.9 Å². The highest BCUT2D eigenvalue weighted by atomic mass is 19.1. The number of ether oxygens (including phenoxy) is 1. The minimum absolute atomic E-state index is 0.282. The number of carbonyl (C=O) groups excluding carboxylic acids is 1. The summed E-state index contributed by atoms with van der Waals surface area (Å²) in [6.07, 6.45) is 1.52. The Morgan fingerprint density at radius 1 is 1.44 bits per heavy atom. The average Bonchev–Trinajstić information content (AvgIpc) is 2.30. The van der Waals surface area contributed by atoms with Gasteiger partial charge in [0, 0.05) is 11.6 Å². The predicted octanol–water partition coefficient (Wildman–Crippen LogP) is 2.55. The second kappa shape index (κ2) is 4.26. The Morgan fingerprint density at radius 2 is 2.25 bits per heavy atom. The number of benzene rings is 1. The zero-order valence-corrected chi connectivity index (χ0v) is 8.74. The van der Waals surface area contributed by atoms with Crippen molar-refractivity contribution in [2.24, 2.45) is 0 Å². The second-order valence-electron chi connectivity index (χ2n) is 3.21. The van der Waals surface area contributed by atoms with Crippen molar-refractivity contribution in [2.45, 2.75) is 6.92 Å². The zero-order valence-electron chi connectivity index (χ0n) is 8.74. The van der Waals surface area contributed by atoms with Crippen LogP contribution in [0, 0.1) is 5.82 Å². The van der Waals surface area contributed by atoms with Crippen molar-refractivity contribution in [3.63, 3.8) is 0 Å². The number of aromatic nitrogens is 1. The molecule has 2 aromatic rings. The van der Waals surface area contributed by atoms with Crippen molar-refractivity contribution in [3.8, 4) is 0 Å². The van der Waals surface area contributed by atoms with Gasteiger partial charge in [-0.05, 0) is 31.2 Å². The van der Waals surface area contributed by atoms with Crippen LogP contribution in [-0.4, -0.2) is 17.6 Å². The molecule has 0 radical (unpaired) electrons. The third kappa shape index (κ3) is 1.74. The molecule has 0 saturated carbocycles. The van der Waals surface area contributed by atoms with Crippen LogP contribution < -0.4 is 0 Å². The first-order chi connectivity index (χ1) is 7.74. The van der Waals surface area contributed by atoms with Crippen LogP contribution in [0.2, 0.25) is 0 Å². The largest absolute Gasteiger partial charge is 0.462 e. The summed E-state index contributed by atoms with van der Waals surface area (Å²) in [5.74, 6) is -0.873. The van der Waals surface area contributed by atoms with Crippen LogP contribution in [0.3, 0.4) is 0 Å². The highest BCUT2D eigenvalue weighted by molar-refractivity contribution is 6.02. The normalized spacial score (nSPS) is 10.4. The van der Waals surface area contributed by atoms with Gasteiger partial charge in [0.2, 0.25) is 0 Å². The first-order valence-electron chi connectivity index (χ1n) is 4.94. The third-order valence-corrected chi connectivity index (χ3v) is 2.21.